The molecule has 0 aliphatic carbocycles. The average Bonchev–Trinajstić information content (AvgIpc) is 3.13. The Morgan fingerprint density at radius 1 is 1.45 bits per heavy atom. The Balaban J connectivity index is 0.00000121. The first kappa shape index (κ1) is 19.2. The number of nitrogens with one attached hydrogen (secondary N) is 1. The Hall–Kier alpha value is -0.880. The van der Waals surface area contributed by atoms with E-state index in [4.69, 9.17) is 0 Å². The van der Waals surface area contributed by atoms with Crippen molar-refractivity contribution in [3.63, 3.8) is 0 Å². The molecule has 22 heavy (non-hydrogen) atoms. The quantitative estimate of drug-likeness (QED) is 0.907. The van der Waals surface area contributed by atoms with Crippen LogP contribution >= 0.6 is 36.2 Å². The van der Waals surface area contributed by atoms with Gasteiger partial charge in [0.25, 0.3) is 5.91 Å². The van der Waals surface area contributed by atoms with Crippen LogP contribution in [0, 0.1) is 0 Å². The van der Waals surface area contributed by atoms with Gasteiger partial charge in [0.15, 0.2) is 0 Å². The Morgan fingerprint density at radius 2 is 2.27 bits per heavy atom. The summed E-state index contributed by atoms with van der Waals surface area (Å²) >= 11 is 1.58. The minimum atomic E-state index is 0. The van der Waals surface area contributed by atoms with E-state index in [1.54, 1.807) is 11.3 Å². The average molecular weight is 362 g/mol. The molecule has 0 saturated carbocycles. The number of nitrogens with zero attached hydrogens (tertiary/aromatic N) is 2. The second kappa shape index (κ2) is 8.67. The molecule has 1 aromatic carbocycles. The molecule has 1 aliphatic heterocycles. The van der Waals surface area contributed by atoms with E-state index in [1.807, 2.05) is 28.6 Å². The highest BCUT2D eigenvalue weighted by Gasteiger charge is 2.26. The normalized spacial score (nSPS) is 16.9. The van der Waals surface area contributed by atoms with Gasteiger partial charge in [-0.25, -0.2) is 4.98 Å². The van der Waals surface area contributed by atoms with Gasteiger partial charge in [-0.2, -0.15) is 0 Å². The third-order valence-corrected chi connectivity index (χ3v) is 4.57. The molecule has 1 aromatic heterocycles. The first-order valence-corrected chi connectivity index (χ1v) is 8.02. The molecule has 4 nitrogen and oxygen atoms in total. The van der Waals surface area contributed by atoms with E-state index < -0.39 is 0 Å². The highest BCUT2D eigenvalue weighted by Crippen LogP contribution is 2.21. The van der Waals surface area contributed by atoms with Crippen molar-refractivity contribution >= 4 is 52.3 Å². The number of carbonyl (C=O) groups excluding carboxylic acids is 1. The van der Waals surface area contributed by atoms with Crippen molar-refractivity contribution in [2.24, 2.45) is 0 Å². The maximum Gasteiger partial charge on any atom is 0.254 e. The minimum Gasteiger partial charge on any atom is -0.334 e. The fourth-order valence-electron chi connectivity index (χ4n) is 2.75. The molecule has 1 unspecified atom stereocenters. The molecule has 2 aromatic rings. The summed E-state index contributed by atoms with van der Waals surface area (Å²) in [6, 6.07) is 6.14. The Morgan fingerprint density at radius 3 is 2.95 bits per heavy atom. The molecule has 7 heteroatoms. The minimum absolute atomic E-state index is 0. The molecule has 1 fully saturated rings. The monoisotopic (exact) mass is 361 g/mol. The van der Waals surface area contributed by atoms with E-state index in [-0.39, 0.29) is 30.7 Å². The van der Waals surface area contributed by atoms with Crippen LogP contribution in [0.3, 0.4) is 0 Å². The molecule has 0 radical (unpaired) electrons. The van der Waals surface area contributed by atoms with Crippen LogP contribution in [-0.2, 0) is 0 Å². The predicted molar refractivity (Wildman–Crippen MR) is 96.7 cm³/mol. The Bertz CT molecular complexity index is 614. The molecule has 1 atom stereocenters. The molecule has 1 amide bonds. The van der Waals surface area contributed by atoms with Crippen molar-refractivity contribution in [3.8, 4) is 0 Å². The lowest BCUT2D eigenvalue weighted by molar-refractivity contribution is 0.0692. The SMILES string of the molecule is CCCN(C(=O)c1ccc2ncsc2c1)C1CCNC1.Cl.Cl. The lowest BCUT2D eigenvalue weighted by Crippen LogP contribution is -2.42. The van der Waals surface area contributed by atoms with Gasteiger partial charge in [0.05, 0.1) is 15.7 Å². The van der Waals surface area contributed by atoms with E-state index in [2.05, 4.69) is 17.2 Å². The van der Waals surface area contributed by atoms with Gasteiger partial charge >= 0.3 is 0 Å². The highest BCUT2D eigenvalue weighted by molar-refractivity contribution is 7.16. The topological polar surface area (TPSA) is 45.2 Å². The second-order valence-corrected chi connectivity index (χ2v) is 6.07. The zero-order valence-electron chi connectivity index (χ0n) is 12.4. The fraction of sp³-hybridized carbons (Fsp3) is 0.467. The van der Waals surface area contributed by atoms with E-state index >= 15 is 0 Å². The predicted octanol–water partition coefficient (Wildman–Crippen LogP) is 3.35. The van der Waals surface area contributed by atoms with E-state index in [0.717, 1.165) is 48.3 Å². The van der Waals surface area contributed by atoms with Crippen LogP contribution < -0.4 is 5.32 Å². The van der Waals surface area contributed by atoms with E-state index in [9.17, 15) is 4.79 Å². The van der Waals surface area contributed by atoms with E-state index in [0.29, 0.717) is 6.04 Å². The van der Waals surface area contributed by atoms with Crippen molar-refractivity contribution in [1.29, 1.82) is 0 Å². The molecular weight excluding hydrogens is 341 g/mol. The van der Waals surface area contributed by atoms with Gasteiger partial charge in [-0.15, -0.1) is 36.2 Å². The van der Waals surface area contributed by atoms with Crippen molar-refractivity contribution < 1.29 is 4.79 Å². The number of thiazole rings is 1. The van der Waals surface area contributed by atoms with Gasteiger partial charge in [-0.1, -0.05) is 6.92 Å². The van der Waals surface area contributed by atoms with Crippen molar-refractivity contribution in [1.82, 2.24) is 15.2 Å². The van der Waals surface area contributed by atoms with Crippen LogP contribution in [-0.4, -0.2) is 41.5 Å². The number of benzene rings is 1. The smallest absolute Gasteiger partial charge is 0.254 e. The number of rotatable bonds is 4. The first-order chi connectivity index (χ1) is 9.79. The lowest BCUT2D eigenvalue weighted by Gasteiger charge is -2.28. The number of halogens is 2. The van der Waals surface area contributed by atoms with Crippen LogP contribution in [0.4, 0.5) is 0 Å². The molecule has 1 N–H and O–H groups in total. The Labute approximate surface area is 147 Å². The number of carbonyl (C=O) groups is 1. The van der Waals surface area contributed by atoms with Gasteiger partial charge in [-0.3, -0.25) is 4.79 Å². The Kier molecular flexibility index (Phi) is 7.56. The van der Waals surface area contributed by atoms with Crippen molar-refractivity contribution in [2.75, 3.05) is 19.6 Å². The van der Waals surface area contributed by atoms with Crippen LogP contribution in [0.15, 0.2) is 23.7 Å². The van der Waals surface area contributed by atoms with E-state index in [1.165, 1.54) is 0 Å². The van der Waals surface area contributed by atoms with Crippen molar-refractivity contribution in [3.05, 3.63) is 29.3 Å². The van der Waals surface area contributed by atoms with Gasteiger partial charge in [0.2, 0.25) is 0 Å². The van der Waals surface area contributed by atoms with Crippen LogP contribution in [0.2, 0.25) is 0 Å². The molecule has 0 spiro atoms. The molecule has 3 rings (SSSR count). The zero-order chi connectivity index (χ0) is 13.9. The zero-order valence-corrected chi connectivity index (χ0v) is 14.9. The highest BCUT2D eigenvalue weighted by atomic mass is 35.5. The summed E-state index contributed by atoms with van der Waals surface area (Å²) in [5.41, 5.74) is 3.57. The maximum atomic E-state index is 12.8. The fourth-order valence-corrected chi connectivity index (χ4v) is 3.47. The molecule has 0 bridgehead atoms. The van der Waals surface area contributed by atoms with Crippen LogP contribution in [0.25, 0.3) is 10.2 Å². The van der Waals surface area contributed by atoms with Crippen molar-refractivity contribution in [2.45, 2.75) is 25.8 Å². The molecular formula is C15H21Cl2N3OS. The number of aromatic nitrogens is 1. The number of hydrogen-bond donors (Lipinski definition) is 1. The van der Waals surface area contributed by atoms with Gasteiger partial charge < -0.3 is 10.2 Å². The lowest BCUT2D eigenvalue weighted by atomic mass is 10.1. The summed E-state index contributed by atoms with van der Waals surface area (Å²) in [5.74, 6) is 0.149. The van der Waals surface area contributed by atoms with Gasteiger partial charge in [0.1, 0.15) is 0 Å². The molecule has 1 saturated heterocycles. The number of hydrogen-bond acceptors (Lipinski definition) is 4. The standard InChI is InChI=1S/C15H19N3OS.2ClH/c1-2-7-18(12-5-6-16-9-12)15(19)11-3-4-13-14(8-11)20-10-17-13;;/h3-4,8,10,12,16H,2,5-7,9H2,1H3;2*1H. The second-order valence-electron chi connectivity index (χ2n) is 5.18. The number of fused-ring (bicyclic) bond motifs is 1. The number of amides is 1. The summed E-state index contributed by atoms with van der Waals surface area (Å²) in [4.78, 5) is 19.1. The summed E-state index contributed by atoms with van der Waals surface area (Å²) in [6.07, 6.45) is 2.04. The largest absolute Gasteiger partial charge is 0.334 e. The third-order valence-electron chi connectivity index (χ3n) is 3.78. The third kappa shape index (κ3) is 3.90. The van der Waals surface area contributed by atoms with Crippen LogP contribution in [0.5, 0.6) is 0 Å². The molecule has 1 aliphatic rings. The van der Waals surface area contributed by atoms with Gasteiger partial charge in [0, 0.05) is 24.7 Å². The maximum absolute atomic E-state index is 12.8. The molecule has 2 heterocycles. The summed E-state index contributed by atoms with van der Waals surface area (Å²) in [6.45, 7) is 4.86. The van der Waals surface area contributed by atoms with Crippen LogP contribution in [0.1, 0.15) is 30.1 Å². The molecule has 122 valence electrons. The van der Waals surface area contributed by atoms with Gasteiger partial charge in [-0.05, 0) is 37.6 Å². The summed E-state index contributed by atoms with van der Waals surface area (Å²) in [7, 11) is 0. The first-order valence-electron chi connectivity index (χ1n) is 7.14. The summed E-state index contributed by atoms with van der Waals surface area (Å²) < 4.78 is 1.08. The summed E-state index contributed by atoms with van der Waals surface area (Å²) in [5, 5.41) is 3.34.